The van der Waals surface area contributed by atoms with Gasteiger partial charge in [-0.05, 0) is 12.8 Å². The summed E-state index contributed by atoms with van der Waals surface area (Å²) in [5.74, 6) is 1.15. The molecule has 140 valence electrons. The Morgan fingerprint density at radius 2 is 1.96 bits per heavy atom. The van der Waals surface area contributed by atoms with Gasteiger partial charge in [0.1, 0.15) is 11.6 Å². The highest BCUT2D eigenvalue weighted by molar-refractivity contribution is 7.88. The second-order valence-electron chi connectivity index (χ2n) is 6.73. The van der Waals surface area contributed by atoms with E-state index in [0.29, 0.717) is 36.8 Å². The second kappa shape index (κ2) is 7.65. The van der Waals surface area contributed by atoms with Crippen LogP contribution in [0.5, 0.6) is 0 Å². The van der Waals surface area contributed by atoms with Crippen LogP contribution in [0.15, 0.2) is 6.07 Å². The summed E-state index contributed by atoms with van der Waals surface area (Å²) >= 11 is 0. The lowest BCUT2D eigenvalue weighted by molar-refractivity contribution is -0.128. The Morgan fingerprint density at radius 3 is 2.52 bits per heavy atom. The number of amides is 1. The third-order valence-corrected chi connectivity index (χ3v) is 5.64. The number of sulfonamides is 1. The molecule has 0 aromatic carbocycles. The molecule has 1 aliphatic rings. The topological polar surface area (TPSA) is 86.7 Å². The van der Waals surface area contributed by atoms with Crippen LogP contribution < -0.4 is 4.90 Å². The van der Waals surface area contributed by atoms with E-state index in [-0.39, 0.29) is 11.9 Å². The van der Waals surface area contributed by atoms with Crippen LogP contribution in [0, 0.1) is 0 Å². The number of aromatic nitrogens is 2. The molecule has 9 heteroatoms. The molecular formula is C16H27N5O3S. The molecule has 1 unspecified atom stereocenters. The molecule has 1 saturated heterocycles. The van der Waals surface area contributed by atoms with E-state index in [1.54, 1.807) is 11.9 Å². The first kappa shape index (κ1) is 19.6. The Kier molecular flexibility index (Phi) is 5.99. The van der Waals surface area contributed by atoms with Gasteiger partial charge >= 0.3 is 0 Å². The number of carbonyl (C=O) groups excluding carboxylic acids is 1. The third-order valence-electron chi connectivity index (χ3n) is 4.36. The molecule has 0 aliphatic carbocycles. The van der Waals surface area contributed by atoms with E-state index in [1.807, 2.05) is 25.1 Å². The van der Waals surface area contributed by atoms with Crippen LogP contribution in [-0.2, 0) is 21.4 Å². The third kappa shape index (κ3) is 4.88. The van der Waals surface area contributed by atoms with Crippen LogP contribution in [0.3, 0.4) is 0 Å². The molecule has 2 rings (SSSR count). The van der Waals surface area contributed by atoms with Crippen LogP contribution in [0.2, 0.25) is 0 Å². The van der Waals surface area contributed by atoms with E-state index in [0.717, 1.165) is 12.8 Å². The lowest BCUT2D eigenvalue weighted by atomic mass is 10.0. The predicted octanol–water partition coefficient (Wildman–Crippen LogP) is 1.01. The molecule has 0 bridgehead atoms. The van der Waals surface area contributed by atoms with Crippen molar-refractivity contribution in [3.63, 3.8) is 0 Å². The van der Waals surface area contributed by atoms with Crippen molar-refractivity contribution < 1.29 is 13.2 Å². The summed E-state index contributed by atoms with van der Waals surface area (Å²) < 4.78 is 25.8. The molecule has 0 radical (unpaired) electrons. The second-order valence-corrected chi connectivity index (χ2v) is 8.67. The summed E-state index contributed by atoms with van der Waals surface area (Å²) in [6.45, 7) is 2.35. The zero-order valence-electron chi connectivity index (χ0n) is 15.6. The van der Waals surface area contributed by atoms with Crippen molar-refractivity contribution in [2.75, 3.05) is 38.8 Å². The lowest BCUT2D eigenvalue weighted by Gasteiger charge is -2.33. The Balaban J connectivity index is 2.44. The predicted molar refractivity (Wildman–Crippen MR) is 96.6 cm³/mol. The van der Waals surface area contributed by atoms with Crippen molar-refractivity contribution in [3.05, 3.63) is 17.6 Å². The molecule has 1 atom stereocenters. The van der Waals surface area contributed by atoms with Crippen LogP contribution >= 0.6 is 0 Å². The van der Waals surface area contributed by atoms with E-state index in [2.05, 4.69) is 9.97 Å². The lowest BCUT2D eigenvalue weighted by Crippen LogP contribution is -2.39. The van der Waals surface area contributed by atoms with Crippen LogP contribution in [-0.4, -0.2) is 67.4 Å². The molecule has 8 nitrogen and oxygen atoms in total. The zero-order chi connectivity index (χ0) is 18.8. The van der Waals surface area contributed by atoms with Gasteiger partial charge < -0.3 is 9.80 Å². The molecule has 2 heterocycles. The van der Waals surface area contributed by atoms with Crippen LogP contribution in [0.25, 0.3) is 0 Å². The first-order valence-electron chi connectivity index (χ1n) is 8.33. The standard InChI is InChI=1S/C16H27N5O3S/c1-12(22)20(4)11-13-10-15(19(2)3)18-16(17-13)14-8-6-7-9-21(14)25(5,23)24/h10,14H,6-9,11H2,1-5H3. The van der Waals surface area contributed by atoms with Crippen molar-refractivity contribution >= 4 is 21.7 Å². The Morgan fingerprint density at radius 1 is 1.28 bits per heavy atom. The van der Waals surface area contributed by atoms with E-state index in [9.17, 15) is 13.2 Å². The highest BCUT2D eigenvalue weighted by Crippen LogP contribution is 2.31. The molecular weight excluding hydrogens is 342 g/mol. The molecule has 1 aliphatic heterocycles. The van der Waals surface area contributed by atoms with Gasteiger partial charge in [-0.2, -0.15) is 4.31 Å². The Hall–Kier alpha value is -1.74. The summed E-state index contributed by atoms with van der Waals surface area (Å²) in [7, 11) is 2.13. The van der Waals surface area contributed by atoms with Crippen molar-refractivity contribution in [1.29, 1.82) is 0 Å². The van der Waals surface area contributed by atoms with E-state index in [4.69, 9.17) is 0 Å². The van der Waals surface area contributed by atoms with Gasteiger partial charge in [0, 0.05) is 40.7 Å². The fraction of sp³-hybridized carbons (Fsp3) is 0.688. The Bertz CT molecular complexity index is 735. The van der Waals surface area contributed by atoms with E-state index in [1.165, 1.54) is 17.5 Å². The minimum atomic E-state index is -3.33. The number of rotatable bonds is 5. The number of hydrogen-bond donors (Lipinski definition) is 0. The summed E-state index contributed by atoms with van der Waals surface area (Å²) in [6.07, 6.45) is 3.71. The summed E-state index contributed by atoms with van der Waals surface area (Å²) in [4.78, 5) is 24.1. The van der Waals surface area contributed by atoms with Gasteiger partial charge in [0.05, 0.1) is 24.5 Å². The maximum Gasteiger partial charge on any atom is 0.219 e. The molecule has 0 N–H and O–H groups in total. The maximum atomic E-state index is 12.1. The highest BCUT2D eigenvalue weighted by atomic mass is 32.2. The number of nitrogens with zero attached hydrogens (tertiary/aromatic N) is 5. The fourth-order valence-corrected chi connectivity index (χ4v) is 4.00. The largest absolute Gasteiger partial charge is 0.363 e. The number of hydrogen-bond acceptors (Lipinski definition) is 6. The van der Waals surface area contributed by atoms with Crippen molar-refractivity contribution in [3.8, 4) is 0 Å². The van der Waals surface area contributed by atoms with Crippen LogP contribution in [0.4, 0.5) is 5.82 Å². The van der Waals surface area contributed by atoms with Gasteiger partial charge in [-0.15, -0.1) is 0 Å². The van der Waals surface area contributed by atoms with Gasteiger partial charge in [0.15, 0.2) is 0 Å². The van der Waals surface area contributed by atoms with Gasteiger partial charge in [0.2, 0.25) is 15.9 Å². The molecule has 1 fully saturated rings. The monoisotopic (exact) mass is 369 g/mol. The fourth-order valence-electron chi connectivity index (χ4n) is 2.88. The molecule has 0 saturated carbocycles. The van der Waals surface area contributed by atoms with Gasteiger partial charge in [0.25, 0.3) is 0 Å². The molecule has 1 amide bonds. The van der Waals surface area contributed by atoms with Crippen molar-refractivity contribution in [2.45, 2.75) is 38.8 Å². The summed E-state index contributed by atoms with van der Waals surface area (Å²) in [5.41, 5.74) is 0.699. The zero-order valence-corrected chi connectivity index (χ0v) is 16.4. The first-order chi connectivity index (χ1) is 11.6. The van der Waals surface area contributed by atoms with Crippen LogP contribution in [0.1, 0.15) is 43.7 Å². The van der Waals surface area contributed by atoms with Gasteiger partial charge in [-0.3, -0.25) is 4.79 Å². The first-order valence-corrected chi connectivity index (χ1v) is 10.2. The van der Waals surface area contributed by atoms with Gasteiger partial charge in [-0.1, -0.05) is 6.42 Å². The smallest absolute Gasteiger partial charge is 0.219 e. The number of piperidine rings is 1. The molecule has 1 aromatic heterocycles. The normalized spacial score (nSPS) is 18.8. The van der Waals surface area contributed by atoms with Crippen molar-refractivity contribution in [2.24, 2.45) is 0 Å². The molecule has 0 spiro atoms. The number of carbonyl (C=O) groups is 1. The number of anilines is 1. The minimum Gasteiger partial charge on any atom is -0.363 e. The average Bonchev–Trinajstić information content (AvgIpc) is 2.53. The highest BCUT2D eigenvalue weighted by Gasteiger charge is 2.33. The summed E-state index contributed by atoms with van der Waals surface area (Å²) in [5, 5.41) is 0. The molecule has 1 aromatic rings. The SMILES string of the molecule is CC(=O)N(C)Cc1cc(N(C)C)nc(C2CCCCN2S(C)(=O)=O)n1. The average molecular weight is 369 g/mol. The minimum absolute atomic E-state index is 0.0537. The van der Waals surface area contributed by atoms with Crippen molar-refractivity contribution in [1.82, 2.24) is 19.2 Å². The quantitative estimate of drug-likeness (QED) is 0.770. The Labute approximate surface area is 149 Å². The van der Waals surface area contributed by atoms with E-state index < -0.39 is 10.0 Å². The maximum absolute atomic E-state index is 12.1. The summed E-state index contributed by atoms with van der Waals surface area (Å²) in [6, 6.07) is 1.47. The van der Waals surface area contributed by atoms with Gasteiger partial charge in [-0.25, -0.2) is 18.4 Å². The molecule has 25 heavy (non-hydrogen) atoms. The van der Waals surface area contributed by atoms with E-state index >= 15 is 0 Å².